The van der Waals surface area contributed by atoms with Gasteiger partial charge in [-0.25, -0.2) is 0 Å². The summed E-state index contributed by atoms with van der Waals surface area (Å²) < 4.78 is 5.11. The van der Waals surface area contributed by atoms with Gasteiger partial charge in [-0.15, -0.1) is 0 Å². The molecule has 1 unspecified atom stereocenters. The molecule has 1 aromatic rings. The lowest BCUT2D eigenvalue weighted by Gasteiger charge is -2.06. The first-order valence-electron chi connectivity index (χ1n) is 4.64. The standard InChI is InChI=1S/C12H12O2/c1-2-9-3-5-10(6-4-9)11-7-14-8-12(11)13/h2-6,11H,1,7-8H2. The summed E-state index contributed by atoms with van der Waals surface area (Å²) in [5.74, 6) is 0.116. The van der Waals surface area contributed by atoms with Gasteiger partial charge in [0.05, 0.1) is 12.5 Å². The number of benzene rings is 1. The van der Waals surface area contributed by atoms with Crippen LogP contribution >= 0.6 is 0 Å². The van der Waals surface area contributed by atoms with Crippen molar-refractivity contribution in [1.29, 1.82) is 0 Å². The van der Waals surface area contributed by atoms with E-state index < -0.39 is 0 Å². The van der Waals surface area contributed by atoms with Crippen LogP contribution in [0.4, 0.5) is 0 Å². The van der Waals surface area contributed by atoms with Crippen molar-refractivity contribution < 1.29 is 9.53 Å². The summed E-state index contributed by atoms with van der Waals surface area (Å²) >= 11 is 0. The zero-order chi connectivity index (χ0) is 9.97. The maximum absolute atomic E-state index is 11.4. The zero-order valence-electron chi connectivity index (χ0n) is 7.90. The average Bonchev–Trinajstić information content (AvgIpc) is 2.65. The molecule has 0 spiro atoms. The molecular formula is C12H12O2. The van der Waals surface area contributed by atoms with E-state index in [1.165, 1.54) is 0 Å². The molecule has 1 atom stereocenters. The van der Waals surface area contributed by atoms with Gasteiger partial charge < -0.3 is 4.74 Å². The Hall–Kier alpha value is -1.41. The highest BCUT2D eigenvalue weighted by molar-refractivity contribution is 5.88. The van der Waals surface area contributed by atoms with Crippen LogP contribution in [-0.2, 0) is 9.53 Å². The summed E-state index contributed by atoms with van der Waals surface area (Å²) in [5, 5.41) is 0. The topological polar surface area (TPSA) is 26.3 Å². The van der Waals surface area contributed by atoms with Gasteiger partial charge >= 0.3 is 0 Å². The first-order valence-corrected chi connectivity index (χ1v) is 4.64. The molecule has 0 aromatic heterocycles. The van der Waals surface area contributed by atoms with Gasteiger partial charge in [-0.3, -0.25) is 4.79 Å². The number of Topliss-reactive ketones (excluding diaryl/α,β-unsaturated/α-hetero) is 1. The molecule has 72 valence electrons. The summed E-state index contributed by atoms with van der Waals surface area (Å²) in [4.78, 5) is 11.4. The van der Waals surface area contributed by atoms with Crippen molar-refractivity contribution >= 4 is 11.9 Å². The van der Waals surface area contributed by atoms with Gasteiger partial charge in [0.1, 0.15) is 6.61 Å². The first kappa shape index (κ1) is 9.16. The predicted molar refractivity (Wildman–Crippen MR) is 55.1 cm³/mol. The number of carbonyl (C=O) groups is 1. The van der Waals surface area contributed by atoms with Gasteiger partial charge in [-0.05, 0) is 11.1 Å². The van der Waals surface area contributed by atoms with E-state index in [9.17, 15) is 4.79 Å². The van der Waals surface area contributed by atoms with Crippen molar-refractivity contribution in [2.45, 2.75) is 5.92 Å². The van der Waals surface area contributed by atoms with E-state index in [-0.39, 0.29) is 18.3 Å². The normalized spacial score (nSPS) is 21.1. The number of carbonyl (C=O) groups excluding carboxylic acids is 1. The third-order valence-corrected chi connectivity index (χ3v) is 2.49. The first-order chi connectivity index (χ1) is 6.81. The van der Waals surface area contributed by atoms with Crippen LogP contribution < -0.4 is 0 Å². The van der Waals surface area contributed by atoms with Crippen molar-refractivity contribution in [2.24, 2.45) is 0 Å². The van der Waals surface area contributed by atoms with Crippen LogP contribution in [0.2, 0.25) is 0 Å². The quantitative estimate of drug-likeness (QED) is 0.709. The van der Waals surface area contributed by atoms with Crippen molar-refractivity contribution in [1.82, 2.24) is 0 Å². The van der Waals surface area contributed by atoms with Gasteiger partial charge in [0.2, 0.25) is 0 Å². The van der Waals surface area contributed by atoms with Crippen molar-refractivity contribution in [2.75, 3.05) is 13.2 Å². The average molecular weight is 188 g/mol. The fourth-order valence-electron chi connectivity index (χ4n) is 1.62. The molecule has 1 saturated heterocycles. The summed E-state index contributed by atoms with van der Waals surface area (Å²) in [5.41, 5.74) is 2.11. The molecule has 0 saturated carbocycles. The van der Waals surface area contributed by atoms with Crippen LogP contribution in [0.1, 0.15) is 17.0 Å². The minimum atomic E-state index is -0.0612. The molecule has 1 heterocycles. The highest BCUT2D eigenvalue weighted by Gasteiger charge is 2.26. The Morgan fingerprint density at radius 3 is 2.57 bits per heavy atom. The van der Waals surface area contributed by atoms with Crippen LogP contribution in [-0.4, -0.2) is 19.0 Å². The number of hydrogen-bond acceptors (Lipinski definition) is 2. The second-order valence-corrected chi connectivity index (χ2v) is 3.40. The maximum Gasteiger partial charge on any atom is 0.168 e. The van der Waals surface area contributed by atoms with Crippen LogP contribution in [0.5, 0.6) is 0 Å². The molecule has 0 amide bonds. The molecule has 0 radical (unpaired) electrons. The van der Waals surface area contributed by atoms with Gasteiger partial charge in [0, 0.05) is 0 Å². The third kappa shape index (κ3) is 1.61. The molecule has 1 aromatic carbocycles. The van der Waals surface area contributed by atoms with Crippen molar-refractivity contribution in [3.05, 3.63) is 42.0 Å². The van der Waals surface area contributed by atoms with Gasteiger partial charge in [-0.1, -0.05) is 36.9 Å². The number of rotatable bonds is 2. The molecule has 0 N–H and O–H groups in total. The fraction of sp³-hybridized carbons (Fsp3) is 0.250. The van der Waals surface area contributed by atoms with E-state index in [4.69, 9.17) is 4.74 Å². The predicted octanol–water partition coefficient (Wildman–Crippen LogP) is 2.01. The lowest BCUT2D eigenvalue weighted by molar-refractivity contribution is -0.118. The minimum absolute atomic E-state index is 0.0612. The van der Waals surface area contributed by atoms with E-state index in [2.05, 4.69) is 6.58 Å². The molecule has 1 fully saturated rings. The molecule has 1 aliphatic heterocycles. The summed E-state index contributed by atoms with van der Waals surface area (Å²) in [6, 6.07) is 7.87. The molecule has 2 rings (SSSR count). The lowest BCUT2D eigenvalue weighted by Crippen LogP contribution is -2.08. The fourth-order valence-corrected chi connectivity index (χ4v) is 1.62. The molecule has 0 aliphatic carbocycles. The highest BCUT2D eigenvalue weighted by atomic mass is 16.5. The Balaban J connectivity index is 2.24. The Morgan fingerprint density at radius 1 is 1.36 bits per heavy atom. The summed E-state index contributed by atoms with van der Waals surface area (Å²) in [6.45, 7) is 4.46. The second-order valence-electron chi connectivity index (χ2n) is 3.40. The number of ether oxygens (including phenoxy) is 1. The molecule has 1 aliphatic rings. The molecule has 14 heavy (non-hydrogen) atoms. The van der Waals surface area contributed by atoms with Crippen LogP contribution in [0.3, 0.4) is 0 Å². The van der Waals surface area contributed by atoms with E-state index in [0.29, 0.717) is 6.61 Å². The Morgan fingerprint density at radius 2 is 2.07 bits per heavy atom. The minimum Gasteiger partial charge on any atom is -0.373 e. The van der Waals surface area contributed by atoms with Crippen LogP contribution in [0.15, 0.2) is 30.8 Å². The summed E-state index contributed by atoms with van der Waals surface area (Å²) in [7, 11) is 0. The Bertz CT molecular complexity index is 351. The molecular weight excluding hydrogens is 176 g/mol. The highest BCUT2D eigenvalue weighted by Crippen LogP contribution is 2.22. The van der Waals surface area contributed by atoms with Crippen LogP contribution in [0, 0.1) is 0 Å². The third-order valence-electron chi connectivity index (χ3n) is 2.49. The van der Waals surface area contributed by atoms with E-state index in [1.54, 1.807) is 6.08 Å². The second kappa shape index (κ2) is 3.76. The molecule has 0 bridgehead atoms. The Labute approximate surface area is 83.2 Å². The molecule has 2 nitrogen and oxygen atoms in total. The number of hydrogen-bond donors (Lipinski definition) is 0. The smallest absolute Gasteiger partial charge is 0.168 e. The van der Waals surface area contributed by atoms with Crippen LogP contribution in [0.25, 0.3) is 6.08 Å². The Kier molecular flexibility index (Phi) is 2.46. The summed E-state index contributed by atoms with van der Waals surface area (Å²) in [6.07, 6.45) is 1.79. The van der Waals surface area contributed by atoms with Gasteiger partial charge in [-0.2, -0.15) is 0 Å². The van der Waals surface area contributed by atoms with E-state index in [0.717, 1.165) is 11.1 Å². The van der Waals surface area contributed by atoms with Gasteiger partial charge in [0.15, 0.2) is 5.78 Å². The monoisotopic (exact) mass is 188 g/mol. The largest absolute Gasteiger partial charge is 0.373 e. The van der Waals surface area contributed by atoms with Crippen molar-refractivity contribution in [3.63, 3.8) is 0 Å². The van der Waals surface area contributed by atoms with Gasteiger partial charge in [0.25, 0.3) is 0 Å². The maximum atomic E-state index is 11.4. The molecule has 2 heteroatoms. The lowest BCUT2D eigenvalue weighted by atomic mass is 9.96. The van der Waals surface area contributed by atoms with Crippen molar-refractivity contribution in [3.8, 4) is 0 Å². The van der Waals surface area contributed by atoms with E-state index >= 15 is 0 Å². The van der Waals surface area contributed by atoms with E-state index in [1.807, 2.05) is 24.3 Å². The number of ketones is 1. The zero-order valence-corrected chi connectivity index (χ0v) is 7.90. The SMILES string of the molecule is C=Cc1ccc(C2COCC2=O)cc1.